The monoisotopic (exact) mass is 441 g/mol. The van der Waals surface area contributed by atoms with Crippen LogP contribution in [-0.2, 0) is 14.8 Å². The lowest BCUT2D eigenvalue weighted by molar-refractivity contribution is -0.119. The smallest absolute Gasteiger partial charge is 0.244 e. The third-order valence-corrected chi connectivity index (χ3v) is 7.56. The molecule has 1 heterocycles. The molecular formula is C23H27N3O4S. The van der Waals surface area contributed by atoms with E-state index in [4.69, 9.17) is 4.74 Å². The Morgan fingerprint density at radius 3 is 2.52 bits per heavy atom. The van der Waals surface area contributed by atoms with Gasteiger partial charge in [-0.3, -0.25) is 4.79 Å². The van der Waals surface area contributed by atoms with Crippen molar-refractivity contribution in [1.29, 1.82) is 5.26 Å². The van der Waals surface area contributed by atoms with Crippen molar-refractivity contribution in [2.75, 3.05) is 18.5 Å². The van der Waals surface area contributed by atoms with E-state index in [0.29, 0.717) is 47.6 Å². The minimum absolute atomic E-state index is 0.263. The highest BCUT2D eigenvalue weighted by Crippen LogP contribution is 2.32. The summed E-state index contributed by atoms with van der Waals surface area (Å²) < 4.78 is 33.8. The molecular weight excluding hydrogens is 414 g/mol. The molecule has 164 valence electrons. The Balaban J connectivity index is 1.92. The molecule has 2 aromatic carbocycles. The molecule has 0 aromatic heterocycles. The summed E-state index contributed by atoms with van der Waals surface area (Å²) in [4.78, 5) is 13.4. The van der Waals surface area contributed by atoms with Crippen LogP contribution in [0.25, 0.3) is 0 Å². The Kier molecular flexibility index (Phi) is 6.68. The second-order valence-corrected chi connectivity index (χ2v) is 9.57. The number of ether oxygens (including phenoxy) is 1. The number of aryl methyl sites for hydroxylation is 3. The van der Waals surface area contributed by atoms with Crippen molar-refractivity contribution in [1.82, 2.24) is 4.31 Å². The lowest BCUT2D eigenvalue weighted by Crippen LogP contribution is -2.43. The van der Waals surface area contributed by atoms with E-state index in [1.807, 2.05) is 32.0 Å². The largest absolute Gasteiger partial charge is 0.492 e. The molecule has 0 radical (unpaired) electrons. The van der Waals surface area contributed by atoms with E-state index in [0.717, 1.165) is 5.56 Å². The van der Waals surface area contributed by atoms with Crippen molar-refractivity contribution >= 4 is 21.6 Å². The molecule has 0 aliphatic carbocycles. The normalized spacial score (nSPS) is 16.7. The Labute approximate surface area is 183 Å². The standard InChI is InChI=1S/C23H27N3O4S/c1-5-30-21-9-8-18(14-24)13-19(21)25-23(27)20-7-6-10-26(20)31(28,29)22-16(3)11-15(2)12-17(22)4/h8-9,11-13,20H,5-7,10H2,1-4H3,(H,25,27). The number of hydrogen-bond acceptors (Lipinski definition) is 5. The number of hydrogen-bond donors (Lipinski definition) is 1. The van der Waals surface area contributed by atoms with Crippen LogP contribution >= 0.6 is 0 Å². The zero-order valence-electron chi connectivity index (χ0n) is 18.2. The maximum absolute atomic E-state index is 13.5. The van der Waals surface area contributed by atoms with Crippen LogP contribution in [0, 0.1) is 32.1 Å². The van der Waals surface area contributed by atoms with Crippen molar-refractivity contribution in [3.8, 4) is 11.8 Å². The van der Waals surface area contributed by atoms with Gasteiger partial charge in [0.1, 0.15) is 11.8 Å². The number of nitrogens with one attached hydrogen (secondary N) is 1. The van der Waals surface area contributed by atoms with E-state index >= 15 is 0 Å². The number of carbonyl (C=O) groups excluding carboxylic acids is 1. The highest BCUT2D eigenvalue weighted by molar-refractivity contribution is 7.89. The van der Waals surface area contributed by atoms with Crippen molar-refractivity contribution in [3.63, 3.8) is 0 Å². The van der Waals surface area contributed by atoms with Crippen LogP contribution in [-0.4, -0.2) is 37.8 Å². The highest BCUT2D eigenvalue weighted by Gasteiger charge is 2.40. The van der Waals surface area contributed by atoms with Crippen LogP contribution in [0.15, 0.2) is 35.2 Å². The van der Waals surface area contributed by atoms with E-state index in [1.165, 1.54) is 10.4 Å². The van der Waals surface area contributed by atoms with Gasteiger partial charge in [-0.05, 0) is 69.9 Å². The first kappa shape index (κ1) is 22.8. The molecule has 1 atom stereocenters. The average molecular weight is 442 g/mol. The SMILES string of the molecule is CCOc1ccc(C#N)cc1NC(=O)C1CCCN1S(=O)(=O)c1c(C)cc(C)cc1C. The van der Waals surface area contributed by atoms with Gasteiger partial charge in [0.05, 0.1) is 28.8 Å². The van der Waals surface area contributed by atoms with Crippen molar-refractivity contribution < 1.29 is 17.9 Å². The van der Waals surface area contributed by atoms with Crippen molar-refractivity contribution in [3.05, 3.63) is 52.6 Å². The van der Waals surface area contributed by atoms with Gasteiger partial charge in [0.2, 0.25) is 15.9 Å². The van der Waals surface area contributed by atoms with Gasteiger partial charge >= 0.3 is 0 Å². The Morgan fingerprint density at radius 1 is 1.23 bits per heavy atom. The van der Waals surface area contributed by atoms with E-state index in [2.05, 4.69) is 5.32 Å². The molecule has 2 aromatic rings. The number of carbonyl (C=O) groups is 1. The van der Waals surface area contributed by atoms with Crippen molar-refractivity contribution in [2.24, 2.45) is 0 Å². The van der Waals surface area contributed by atoms with E-state index in [9.17, 15) is 18.5 Å². The minimum atomic E-state index is -3.85. The molecule has 1 aliphatic heterocycles. The highest BCUT2D eigenvalue weighted by atomic mass is 32.2. The fraction of sp³-hybridized carbons (Fsp3) is 0.391. The molecule has 1 N–H and O–H groups in total. The van der Waals surface area contributed by atoms with Crippen LogP contribution in [0.2, 0.25) is 0 Å². The minimum Gasteiger partial charge on any atom is -0.492 e. The first-order chi connectivity index (χ1) is 14.7. The predicted octanol–water partition coefficient (Wildman–Crippen LogP) is 3.67. The maximum Gasteiger partial charge on any atom is 0.244 e. The van der Waals surface area contributed by atoms with Crippen LogP contribution in [0.4, 0.5) is 5.69 Å². The summed E-state index contributed by atoms with van der Waals surface area (Å²) >= 11 is 0. The van der Waals surface area contributed by atoms with Crippen LogP contribution in [0.5, 0.6) is 5.75 Å². The summed E-state index contributed by atoms with van der Waals surface area (Å²) in [7, 11) is -3.85. The zero-order valence-corrected chi connectivity index (χ0v) is 19.0. The number of benzene rings is 2. The quantitative estimate of drug-likeness (QED) is 0.737. The molecule has 0 saturated carbocycles. The summed E-state index contributed by atoms with van der Waals surface area (Å²) in [5.74, 6) is 0.00649. The third-order valence-electron chi connectivity index (χ3n) is 5.34. The molecule has 1 fully saturated rings. The third kappa shape index (κ3) is 4.58. The number of amides is 1. The molecule has 1 saturated heterocycles. The first-order valence-corrected chi connectivity index (χ1v) is 11.7. The maximum atomic E-state index is 13.5. The lowest BCUT2D eigenvalue weighted by atomic mass is 10.1. The van der Waals surface area contributed by atoms with Gasteiger partial charge in [-0.15, -0.1) is 0 Å². The van der Waals surface area contributed by atoms with Gasteiger partial charge in [-0.25, -0.2) is 8.42 Å². The summed E-state index contributed by atoms with van der Waals surface area (Å²) in [6.45, 7) is 7.98. The number of sulfonamides is 1. The second kappa shape index (κ2) is 9.08. The molecule has 0 bridgehead atoms. The van der Waals surface area contributed by atoms with Crippen LogP contribution in [0.3, 0.4) is 0 Å². The molecule has 1 unspecified atom stereocenters. The van der Waals surface area contributed by atoms with Crippen molar-refractivity contribution in [2.45, 2.75) is 51.5 Å². The molecule has 0 spiro atoms. The summed E-state index contributed by atoms with van der Waals surface area (Å²) in [5, 5.41) is 12.0. The Hall–Kier alpha value is -2.89. The molecule has 31 heavy (non-hydrogen) atoms. The van der Waals surface area contributed by atoms with Crippen LogP contribution in [0.1, 0.15) is 42.0 Å². The predicted molar refractivity (Wildman–Crippen MR) is 119 cm³/mol. The fourth-order valence-corrected chi connectivity index (χ4v) is 6.25. The summed E-state index contributed by atoms with van der Waals surface area (Å²) in [5.41, 5.74) is 3.07. The number of rotatable bonds is 6. The summed E-state index contributed by atoms with van der Waals surface area (Å²) in [6.07, 6.45) is 1.02. The molecule has 8 heteroatoms. The van der Waals surface area contributed by atoms with Gasteiger partial charge in [-0.2, -0.15) is 9.57 Å². The van der Waals surface area contributed by atoms with Gasteiger partial charge in [0.15, 0.2) is 0 Å². The summed E-state index contributed by atoms with van der Waals surface area (Å²) in [6, 6.07) is 9.65. The lowest BCUT2D eigenvalue weighted by Gasteiger charge is -2.25. The Bertz CT molecular complexity index is 1130. The first-order valence-electron chi connectivity index (χ1n) is 10.3. The van der Waals surface area contributed by atoms with Gasteiger partial charge in [0, 0.05) is 6.54 Å². The van der Waals surface area contributed by atoms with E-state index < -0.39 is 22.0 Å². The van der Waals surface area contributed by atoms with Gasteiger partial charge in [0.25, 0.3) is 0 Å². The average Bonchev–Trinajstić information content (AvgIpc) is 3.19. The van der Waals surface area contributed by atoms with Gasteiger partial charge in [-0.1, -0.05) is 17.7 Å². The number of anilines is 1. The molecule has 7 nitrogen and oxygen atoms in total. The fourth-order valence-electron chi connectivity index (χ4n) is 4.18. The zero-order chi connectivity index (χ0) is 22.8. The van der Waals surface area contributed by atoms with Gasteiger partial charge < -0.3 is 10.1 Å². The van der Waals surface area contributed by atoms with E-state index in [1.54, 1.807) is 26.0 Å². The number of nitriles is 1. The molecule has 1 amide bonds. The number of nitrogens with zero attached hydrogens (tertiary/aromatic N) is 2. The Morgan fingerprint density at radius 2 is 1.90 bits per heavy atom. The molecule has 1 aliphatic rings. The van der Waals surface area contributed by atoms with E-state index in [-0.39, 0.29) is 11.4 Å². The van der Waals surface area contributed by atoms with Crippen LogP contribution < -0.4 is 10.1 Å². The molecule has 3 rings (SSSR count). The second-order valence-electron chi connectivity index (χ2n) is 7.75. The topological polar surface area (TPSA) is 99.5 Å².